The molecule has 128 valence electrons. The van der Waals surface area contributed by atoms with E-state index in [0.29, 0.717) is 23.7 Å². The zero-order chi connectivity index (χ0) is 17.7. The fourth-order valence-electron chi connectivity index (χ4n) is 1.93. The Morgan fingerprint density at radius 3 is 2.54 bits per heavy atom. The number of H-pyrrole nitrogens is 1. The van der Waals surface area contributed by atoms with Crippen LogP contribution in [0.5, 0.6) is 0 Å². The molecule has 1 aromatic carbocycles. The first kappa shape index (κ1) is 17.8. The van der Waals surface area contributed by atoms with E-state index in [-0.39, 0.29) is 22.5 Å². The molecule has 8 heteroatoms. The SMILES string of the molecule is Cc1[nH]nc(Cl)c1C(=O)Nc1cccc(NC(=O)OCC(C)C)c1. The van der Waals surface area contributed by atoms with Gasteiger partial charge in [0.05, 0.1) is 12.2 Å². The fourth-order valence-corrected chi connectivity index (χ4v) is 2.20. The van der Waals surface area contributed by atoms with Gasteiger partial charge in [-0.2, -0.15) is 5.10 Å². The first-order valence-electron chi connectivity index (χ1n) is 7.42. The third-order valence-electron chi connectivity index (χ3n) is 3.04. The van der Waals surface area contributed by atoms with Crippen LogP contribution >= 0.6 is 11.6 Å². The second kappa shape index (κ2) is 7.83. The number of aryl methyl sites for hydroxylation is 1. The maximum atomic E-state index is 12.3. The highest BCUT2D eigenvalue weighted by Crippen LogP contribution is 2.20. The first-order chi connectivity index (χ1) is 11.4. The van der Waals surface area contributed by atoms with E-state index in [2.05, 4.69) is 20.8 Å². The summed E-state index contributed by atoms with van der Waals surface area (Å²) in [6.45, 7) is 5.94. The monoisotopic (exact) mass is 350 g/mol. The van der Waals surface area contributed by atoms with Gasteiger partial charge in [0.2, 0.25) is 0 Å². The van der Waals surface area contributed by atoms with Crippen molar-refractivity contribution in [1.29, 1.82) is 0 Å². The average molecular weight is 351 g/mol. The molecule has 0 aliphatic heterocycles. The minimum absolute atomic E-state index is 0.108. The summed E-state index contributed by atoms with van der Waals surface area (Å²) in [7, 11) is 0. The predicted molar refractivity (Wildman–Crippen MR) is 92.5 cm³/mol. The molecule has 0 bridgehead atoms. The van der Waals surface area contributed by atoms with Crippen molar-refractivity contribution in [3.05, 3.63) is 40.7 Å². The molecule has 2 rings (SSSR count). The molecule has 0 fully saturated rings. The molecule has 0 saturated carbocycles. The Bertz CT molecular complexity index is 723. The van der Waals surface area contributed by atoms with Crippen LogP contribution in [0.15, 0.2) is 24.3 Å². The Hall–Kier alpha value is -2.54. The van der Waals surface area contributed by atoms with Crippen molar-refractivity contribution in [3.8, 4) is 0 Å². The van der Waals surface area contributed by atoms with Gasteiger partial charge >= 0.3 is 6.09 Å². The Balaban J connectivity index is 2.02. The number of aromatic nitrogens is 2. The number of benzene rings is 1. The van der Waals surface area contributed by atoms with Crippen LogP contribution < -0.4 is 10.6 Å². The van der Waals surface area contributed by atoms with Gasteiger partial charge in [-0.3, -0.25) is 15.2 Å². The molecule has 7 nitrogen and oxygen atoms in total. The number of rotatable bonds is 5. The number of nitrogens with zero attached hydrogens (tertiary/aromatic N) is 1. The summed E-state index contributed by atoms with van der Waals surface area (Å²) in [5, 5.41) is 11.9. The summed E-state index contributed by atoms with van der Waals surface area (Å²) in [5.74, 6) is -0.130. The number of hydrogen-bond donors (Lipinski definition) is 3. The molecule has 0 saturated heterocycles. The third kappa shape index (κ3) is 4.73. The molecule has 1 aromatic heterocycles. The number of carbonyl (C=O) groups is 2. The van der Waals surface area contributed by atoms with E-state index in [1.165, 1.54) is 0 Å². The number of nitrogens with one attached hydrogen (secondary N) is 3. The number of ether oxygens (including phenoxy) is 1. The predicted octanol–water partition coefficient (Wildman–Crippen LogP) is 3.83. The van der Waals surface area contributed by atoms with Crippen LogP contribution in [0.25, 0.3) is 0 Å². The molecule has 1 heterocycles. The fraction of sp³-hybridized carbons (Fsp3) is 0.312. The highest BCUT2D eigenvalue weighted by molar-refractivity contribution is 6.33. The zero-order valence-electron chi connectivity index (χ0n) is 13.6. The highest BCUT2D eigenvalue weighted by atomic mass is 35.5. The first-order valence-corrected chi connectivity index (χ1v) is 7.80. The summed E-state index contributed by atoms with van der Waals surface area (Å²) in [4.78, 5) is 23.9. The van der Waals surface area contributed by atoms with E-state index in [4.69, 9.17) is 16.3 Å². The number of hydrogen-bond acceptors (Lipinski definition) is 4. The lowest BCUT2D eigenvalue weighted by Gasteiger charge is -2.10. The minimum atomic E-state index is -0.541. The summed E-state index contributed by atoms with van der Waals surface area (Å²) < 4.78 is 5.05. The number of carbonyl (C=O) groups excluding carboxylic acids is 2. The van der Waals surface area contributed by atoms with E-state index in [1.807, 2.05) is 13.8 Å². The van der Waals surface area contributed by atoms with Gasteiger partial charge in [0, 0.05) is 17.1 Å². The van der Waals surface area contributed by atoms with E-state index >= 15 is 0 Å². The van der Waals surface area contributed by atoms with Crippen molar-refractivity contribution in [2.75, 3.05) is 17.2 Å². The minimum Gasteiger partial charge on any atom is -0.449 e. The van der Waals surface area contributed by atoms with E-state index in [9.17, 15) is 9.59 Å². The molecular formula is C16H19ClN4O3. The van der Waals surface area contributed by atoms with Crippen molar-refractivity contribution >= 4 is 35.0 Å². The van der Waals surface area contributed by atoms with Crippen molar-refractivity contribution < 1.29 is 14.3 Å². The molecule has 2 amide bonds. The number of aromatic amines is 1. The van der Waals surface area contributed by atoms with E-state index < -0.39 is 6.09 Å². The van der Waals surface area contributed by atoms with Gasteiger partial charge in [-0.15, -0.1) is 0 Å². The van der Waals surface area contributed by atoms with Gasteiger partial charge < -0.3 is 10.1 Å². The second-order valence-electron chi connectivity index (χ2n) is 5.67. The van der Waals surface area contributed by atoms with Gasteiger partial charge in [-0.05, 0) is 31.0 Å². The molecular weight excluding hydrogens is 332 g/mol. The van der Waals surface area contributed by atoms with Crippen molar-refractivity contribution in [2.45, 2.75) is 20.8 Å². The number of halogens is 1. The Morgan fingerprint density at radius 2 is 1.96 bits per heavy atom. The molecule has 3 N–H and O–H groups in total. The lowest BCUT2D eigenvalue weighted by atomic mass is 10.2. The van der Waals surface area contributed by atoms with Crippen LogP contribution in [-0.4, -0.2) is 28.8 Å². The average Bonchev–Trinajstić information content (AvgIpc) is 2.84. The maximum absolute atomic E-state index is 12.3. The number of amides is 2. The van der Waals surface area contributed by atoms with Crippen LogP contribution in [0.1, 0.15) is 29.9 Å². The van der Waals surface area contributed by atoms with Gasteiger partial charge in [-0.25, -0.2) is 4.79 Å². The Labute approximate surface area is 144 Å². The van der Waals surface area contributed by atoms with E-state index in [0.717, 1.165) is 0 Å². The molecule has 0 aliphatic carbocycles. The summed E-state index contributed by atoms with van der Waals surface area (Å²) in [6, 6.07) is 6.73. The molecule has 0 spiro atoms. The molecule has 0 atom stereocenters. The largest absolute Gasteiger partial charge is 0.449 e. The third-order valence-corrected chi connectivity index (χ3v) is 3.32. The summed E-state index contributed by atoms with van der Waals surface area (Å²) in [5.41, 5.74) is 1.88. The van der Waals surface area contributed by atoms with Crippen molar-refractivity contribution in [2.24, 2.45) is 5.92 Å². The Kier molecular flexibility index (Phi) is 5.81. The van der Waals surface area contributed by atoms with Crippen LogP contribution in [0.2, 0.25) is 5.15 Å². The maximum Gasteiger partial charge on any atom is 0.411 e. The van der Waals surface area contributed by atoms with Crippen LogP contribution in [-0.2, 0) is 4.74 Å². The van der Waals surface area contributed by atoms with Gasteiger partial charge in [0.25, 0.3) is 5.91 Å². The lowest BCUT2D eigenvalue weighted by molar-refractivity contribution is 0.102. The van der Waals surface area contributed by atoms with Crippen molar-refractivity contribution in [1.82, 2.24) is 10.2 Å². The lowest BCUT2D eigenvalue weighted by Crippen LogP contribution is -2.17. The molecule has 0 radical (unpaired) electrons. The quantitative estimate of drug-likeness (QED) is 0.763. The highest BCUT2D eigenvalue weighted by Gasteiger charge is 2.17. The van der Waals surface area contributed by atoms with Crippen LogP contribution in [0.3, 0.4) is 0 Å². The number of anilines is 2. The van der Waals surface area contributed by atoms with Crippen molar-refractivity contribution in [3.63, 3.8) is 0 Å². The molecule has 24 heavy (non-hydrogen) atoms. The smallest absolute Gasteiger partial charge is 0.411 e. The van der Waals surface area contributed by atoms with Gasteiger partial charge in [-0.1, -0.05) is 31.5 Å². The van der Waals surface area contributed by atoms with E-state index in [1.54, 1.807) is 31.2 Å². The second-order valence-corrected chi connectivity index (χ2v) is 6.02. The normalized spacial score (nSPS) is 10.5. The van der Waals surface area contributed by atoms with Crippen LogP contribution in [0.4, 0.5) is 16.2 Å². The summed E-state index contributed by atoms with van der Waals surface area (Å²) in [6.07, 6.45) is -0.541. The van der Waals surface area contributed by atoms with Gasteiger partial charge in [0.15, 0.2) is 5.15 Å². The standard InChI is InChI=1S/C16H19ClN4O3/c1-9(2)8-24-16(23)19-12-6-4-5-11(7-12)18-15(22)13-10(3)20-21-14(13)17/h4-7,9H,8H2,1-3H3,(H,18,22)(H,19,23)(H,20,21). The van der Waals surface area contributed by atoms with Crippen LogP contribution in [0, 0.1) is 12.8 Å². The molecule has 0 aliphatic rings. The Morgan fingerprint density at radius 1 is 1.29 bits per heavy atom. The zero-order valence-corrected chi connectivity index (χ0v) is 14.4. The molecule has 2 aromatic rings. The molecule has 0 unspecified atom stereocenters. The van der Waals surface area contributed by atoms with Gasteiger partial charge in [0.1, 0.15) is 0 Å². The summed E-state index contributed by atoms with van der Waals surface area (Å²) >= 11 is 5.89. The topological polar surface area (TPSA) is 96.1 Å².